The average molecular weight is 215 g/mol. The second-order valence-corrected chi connectivity index (χ2v) is 3.95. The van der Waals surface area contributed by atoms with E-state index in [-0.39, 0.29) is 0 Å². The molecule has 0 aliphatic rings. The Morgan fingerprint density at radius 1 is 1.31 bits per heavy atom. The minimum absolute atomic E-state index is 0.598. The number of hydrogen-bond acceptors (Lipinski definition) is 4. The first-order valence-corrected chi connectivity index (χ1v) is 4.98. The van der Waals surface area contributed by atoms with Crippen LogP contribution in [0.4, 0.5) is 5.82 Å². The first-order valence-electron chi connectivity index (χ1n) is 4.98. The lowest BCUT2D eigenvalue weighted by Crippen LogP contribution is -2.17. The summed E-state index contributed by atoms with van der Waals surface area (Å²) in [7, 11) is 3.91. The summed E-state index contributed by atoms with van der Waals surface area (Å²) in [4.78, 5) is 6.11. The molecule has 2 rings (SSSR count). The summed E-state index contributed by atoms with van der Waals surface area (Å²) in [5.74, 6) is 0.962. The highest BCUT2D eigenvalue weighted by atomic mass is 15.3. The number of rotatable bonds is 1. The van der Waals surface area contributed by atoms with Crippen LogP contribution in [-0.2, 0) is 0 Å². The molecule has 0 amide bonds. The van der Waals surface area contributed by atoms with Crippen LogP contribution in [0.3, 0.4) is 0 Å². The Balaban J connectivity index is 2.99. The Labute approximate surface area is 93.9 Å². The molecule has 5 nitrogen and oxygen atoms in total. The lowest BCUT2D eigenvalue weighted by Gasteiger charge is -2.19. The Morgan fingerprint density at radius 2 is 2.00 bits per heavy atom. The minimum atomic E-state index is 0.598. The van der Waals surface area contributed by atoms with Gasteiger partial charge in [-0.2, -0.15) is 14.9 Å². The first kappa shape index (κ1) is 10.4. The van der Waals surface area contributed by atoms with Gasteiger partial charge in [0.25, 0.3) is 0 Å². The van der Waals surface area contributed by atoms with Crippen LogP contribution in [0.15, 0.2) is 6.33 Å². The standard InChI is InChI=1S/C11H13N5/c1-7-8(2)11(15(3)4)16-10(9(7)5-12)13-6-14-16/h6H,1-4H3. The summed E-state index contributed by atoms with van der Waals surface area (Å²) in [5.41, 5.74) is 3.24. The molecule has 0 saturated carbocycles. The number of fused-ring (bicyclic) bond motifs is 1. The zero-order valence-electron chi connectivity index (χ0n) is 9.81. The van der Waals surface area contributed by atoms with Crippen molar-refractivity contribution in [1.82, 2.24) is 14.6 Å². The van der Waals surface area contributed by atoms with Gasteiger partial charge < -0.3 is 4.90 Å². The van der Waals surface area contributed by atoms with Gasteiger partial charge in [0, 0.05) is 14.1 Å². The summed E-state index contributed by atoms with van der Waals surface area (Å²) >= 11 is 0. The van der Waals surface area contributed by atoms with E-state index < -0.39 is 0 Å². The highest BCUT2D eigenvalue weighted by Gasteiger charge is 2.16. The highest BCUT2D eigenvalue weighted by Crippen LogP contribution is 2.26. The van der Waals surface area contributed by atoms with Crippen LogP contribution in [0.5, 0.6) is 0 Å². The zero-order valence-corrected chi connectivity index (χ0v) is 9.81. The number of hydrogen-bond donors (Lipinski definition) is 0. The van der Waals surface area contributed by atoms with Gasteiger partial charge >= 0.3 is 0 Å². The molecule has 0 radical (unpaired) electrons. The van der Waals surface area contributed by atoms with Crippen molar-refractivity contribution in [3.63, 3.8) is 0 Å². The zero-order chi connectivity index (χ0) is 11.9. The minimum Gasteiger partial charge on any atom is -0.362 e. The van der Waals surface area contributed by atoms with Crippen LogP contribution in [0, 0.1) is 25.2 Å². The van der Waals surface area contributed by atoms with Crippen molar-refractivity contribution in [2.24, 2.45) is 0 Å². The van der Waals surface area contributed by atoms with E-state index in [0.717, 1.165) is 16.9 Å². The van der Waals surface area contributed by atoms with E-state index in [2.05, 4.69) is 16.2 Å². The summed E-state index contributed by atoms with van der Waals surface area (Å²) in [5, 5.41) is 13.3. The van der Waals surface area contributed by atoms with E-state index in [4.69, 9.17) is 5.26 Å². The van der Waals surface area contributed by atoms with Gasteiger partial charge in [-0.25, -0.2) is 4.98 Å². The van der Waals surface area contributed by atoms with Gasteiger partial charge in [0.2, 0.25) is 0 Å². The van der Waals surface area contributed by atoms with Crippen LogP contribution >= 0.6 is 0 Å². The van der Waals surface area contributed by atoms with Crippen LogP contribution in [0.25, 0.3) is 5.65 Å². The SMILES string of the molecule is Cc1c(C)c(N(C)C)n2ncnc2c1C#N. The number of anilines is 1. The molecule has 0 atom stereocenters. The third kappa shape index (κ3) is 1.23. The number of pyridine rings is 1. The number of nitrogens with zero attached hydrogens (tertiary/aromatic N) is 5. The van der Waals surface area contributed by atoms with Gasteiger partial charge in [0.05, 0.1) is 0 Å². The fourth-order valence-corrected chi connectivity index (χ4v) is 1.91. The predicted octanol–water partition coefficient (Wildman–Crippen LogP) is 1.28. The molecule has 0 N–H and O–H groups in total. The molecule has 0 aliphatic carbocycles. The molecule has 0 aliphatic heterocycles. The molecule has 0 unspecified atom stereocenters. The van der Waals surface area contributed by atoms with E-state index in [0.29, 0.717) is 11.2 Å². The number of aromatic nitrogens is 3. The first-order chi connectivity index (χ1) is 7.57. The van der Waals surface area contributed by atoms with Crippen LogP contribution in [0.1, 0.15) is 16.7 Å². The molecule has 0 aromatic carbocycles. The van der Waals surface area contributed by atoms with Crippen LogP contribution < -0.4 is 4.90 Å². The highest BCUT2D eigenvalue weighted by molar-refractivity contribution is 5.67. The fourth-order valence-electron chi connectivity index (χ4n) is 1.91. The Kier molecular flexibility index (Phi) is 2.27. The number of nitriles is 1. The Morgan fingerprint density at radius 3 is 2.56 bits per heavy atom. The molecule has 0 fully saturated rings. The van der Waals surface area contributed by atoms with Gasteiger partial charge in [0.15, 0.2) is 5.65 Å². The molecular weight excluding hydrogens is 202 g/mol. The van der Waals surface area contributed by atoms with Crippen molar-refractivity contribution in [1.29, 1.82) is 5.26 Å². The maximum atomic E-state index is 9.14. The molecule has 0 saturated heterocycles. The van der Waals surface area contributed by atoms with Crippen LogP contribution in [0.2, 0.25) is 0 Å². The molecule has 82 valence electrons. The van der Waals surface area contributed by atoms with Crippen molar-refractivity contribution in [2.45, 2.75) is 13.8 Å². The molecule has 0 spiro atoms. The summed E-state index contributed by atoms with van der Waals surface area (Å²) in [6.45, 7) is 3.93. The Bertz CT molecular complexity index is 588. The van der Waals surface area contributed by atoms with E-state index in [1.807, 2.05) is 32.8 Å². The molecule has 2 aromatic heterocycles. The summed E-state index contributed by atoms with van der Waals surface area (Å²) in [6, 6.07) is 2.19. The molecule has 2 heterocycles. The van der Waals surface area contributed by atoms with E-state index in [1.165, 1.54) is 6.33 Å². The second-order valence-electron chi connectivity index (χ2n) is 3.95. The van der Waals surface area contributed by atoms with Crippen molar-refractivity contribution in [3.8, 4) is 6.07 Å². The molecule has 16 heavy (non-hydrogen) atoms. The lowest BCUT2D eigenvalue weighted by atomic mass is 10.1. The van der Waals surface area contributed by atoms with Crippen LogP contribution in [-0.4, -0.2) is 28.7 Å². The van der Waals surface area contributed by atoms with Gasteiger partial charge in [0.1, 0.15) is 23.8 Å². The Hall–Kier alpha value is -2.09. The smallest absolute Gasteiger partial charge is 0.175 e. The monoisotopic (exact) mass is 215 g/mol. The van der Waals surface area contributed by atoms with E-state index in [1.54, 1.807) is 4.52 Å². The van der Waals surface area contributed by atoms with Crippen molar-refractivity contribution in [3.05, 3.63) is 23.0 Å². The largest absolute Gasteiger partial charge is 0.362 e. The molecule has 0 bridgehead atoms. The summed E-state index contributed by atoms with van der Waals surface area (Å²) < 4.78 is 1.71. The van der Waals surface area contributed by atoms with Crippen molar-refractivity contribution < 1.29 is 0 Å². The maximum absolute atomic E-state index is 9.14. The molecular formula is C11H13N5. The van der Waals surface area contributed by atoms with Gasteiger partial charge in [-0.3, -0.25) is 0 Å². The third-order valence-corrected chi connectivity index (χ3v) is 2.78. The predicted molar refractivity (Wildman–Crippen MR) is 61.5 cm³/mol. The van der Waals surface area contributed by atoms with Gasteiger partial charge in [-0.15, -0.1) is 0 Å². The third-order valence-electron chi connectivity index (χ3n) is 2.78. The van der Waals surface area contributed by atoms with Crippen molar-refractivity contribution >= 4 is 11.5 Å². The van der Waals surface area contributed by atoms with E-state index >= 15 is 0 Å². The quantitative estimate of drug-likeness (QED) is 0.719. The lowest BCUT2D eigenvalue weighted by molar-refractivity contribution is 0.896. The van der Waals surface area contributed by atoms with Gasteiger partial charge in [-0.1, -0.05) is 0 Å². The van der Waals surface area contributed by atoms with Gasteiger partial charge in [-0.05, 0) is 25.0 Å². The normalized spacial score (nSPS) is 10.4. The average Bonchev–Trinajstić information content (AvgIpc) is 2.67. The second kappa shape index (κ2) is 3.49. The summed E-state index contributed by atoms with van der Waals surface area (Å²) in [6.07, 6.45) is 1.47. The maximum Gasteiger partial charge on any atom is 0.175 e. The van der Waals surface area contributed by atoms with Crippen molar-refractivity contribution in [2.75, 3.05) is 19.0 Å². The molecule has 2 aromatic rings. The fraction of sp³-hybridized carbons (Fsp3) is 0.364. The molecule has 5 heteroatoms. The topological polar surface area (TPSA) is 57.2 Å². The van der Waals surface area contributed by atoms with E-state index in [9.17, 15) is 0 Å².